The van der Waals surface area contributed by atoms with Crippen LogP contribution in [-0.4, -0.2) is 67.4 Å². The third-order valence-corrected chi connectivity index (χ3v) is 9.50. The number of aliphatic carboxylic acids is 1. The number of aryl methyl sites for hydroxylation is 1. The average molecular weight is 558 g/mol. The number of nitrogens with zero attached hydrogens (tertiary/aromatic N) is 6. The van der Waals surface area contributed by atoms with E-state index in [2.05, 4.69) is 23.6 Å². The maximum atomic E-state index is 11.5. The number of carbonyl (C=O) groups is 1. The Hall–Kier alpha value is -2.42. The number of hydrogen-bond donors (Lipinski definition) is 1. The van der Waals surface area contributed by atoms with E-state index < -0.39 is 5.97 Å². The van der Waals surface area contributed by atoms with Gasteiger partial charge in [-0.2, -0.15) is 5.10 Å². The zero-order valence-corrected chi connectivity index (χ0v) is 23.5. The largest absolute Gasteiger partial charge is 0.481 e. The summed E-state index contributed by atoms with van der Waals surface area (Å²) < 4.78 is 1.91. The number of likely N-dealkylation sites (tertiary alicyclic amines) is 1. The zero-order valence-electron chi connectivity index (χ0n) is 22.0. The number of piperidine rings is 1. The minimum atomic E-state index is -0.624. The lowest BCUT2D eigenvalue weighted by atomic mass is 9.91. The molecule has 2 aliphatic heterocycles. The molecule has 4 unspecified atom stereocenters. The molecule has 0 radical (unpaired) electrons. The van der Waals surface area contributed by atoms with Crippen molar-refractivity contribution in [1.82, 2.24) is 24.6 Å². The van der Waals surface area contributed by atoms with E-state index in [9.17, 15) is 9.90 Å². The highest BCUT2D eigenvalue weighted by atomic mass is 35.5. The Morgan fingerprint density at radius 3 is 2.71 bits per heavy atom. The van der Waals surface area contributed by atoms with Crippen molar-refractivity contribution in [3.63, 3.8) is 0 Å². The number of carboxylic acids is 1. The van der Waals surface area contributed by atoms with Crippen molar-refractivity contribution in [2.24, 2.45) is 17.8 Å². The van der Waals surface area contributed by atoms with Crippen molar-refractivity contribution < 1.29 is 9.90 Å². The van der Waals surface area contributed by atoms with Crippen molar-refractivity contribution in [3.8, 4) is 0 Å². The highest BCUT2D eigenvalue weighted by molar-refractivity contribution is 6.35. The maximum Gasteiger partial charge on any atom is 0.306 e. The summed E-state index contributed by atoms with van der Waals surface area (Å²) in [5.74, 6) is 0.872. The number of fused-ring (bicyclic) bond motifs is 1. The molecular weight excluding hydrogens is 523 g/mol. The first kappa shape index (κ1) is 25.8. The van der Waals surface area contributed by atoms with Crippen LogP contribution in [0.1, 0.15) is 56.8 Å². The van der Waals surface area contributed by atoms with E-state index in [4.69, 9.17) is 38.3 Å². The van der Waals surface area contributed by atoms with E-state index in [0.29, 0.717) is 34.0 Å². The second kappa shape index (κ2) is 9.96. The highest BCUT2D eigenvalue weighted by Gasteiger charge is 2.52. The third-order valence-electron chi connectivity index (χ3n) is 8.94. The van der Waals surface area contributed by atoms with Crippen LogP contribution in [0.4, 0.5) is 5.82 Å². The number of aromatic nitrogens is 4. The molecule has 3 aliphatic rings. The van der Waals surface area contributed by atoms with Crippen molar-refractivity contribution in [2.75, 3.05) is 24.5 Å². The fourth-order valence-electron chi connectivity index (χ4n) is 6.88. The molecule has 1 aliphatic carbocycles. The molecule has 38 heavy (non-hydrogen) atoms. The first-order chi connectivity index (χ1) is 18.2. The van der Waals surface area contributed by atoms with Gasteiger partial charge in [0.1, 0.15) is 11.3 Å². The van der Waals surface area contributed by atoms with Crippen LogP contribution in [0.15, 0.2) is 24.4 Å². The Balaban J connectivity index is 1.22. The lowest BCUT2D eigenvalue weighted by Crippen LogP contribution is -2.52. The van der Waals surface area contributed by atoms with E-state index in [1.165, 1.54) is 6.42 Å². The highest BCUT2D eigenvalue weighted by Crippen LogP contribution is 2.48. The van der Waals surface area contributed by atoms with Crippen LogP contribution < -0.4 is 4.90 Å². The third kappa shape index (κ3) is 4.54. The van der Waals surface area contributed by atoms with Gasteiger partial charge < -0.3 is 10.0 Å². The molecule has 0 amide bonds. The molecule has 2 aromatic heterocycles. The van der Waals surface area contributed by atoms with Gasteiger partial charge in [0.2, 0.25) is 0 Å². The molecule has 0 bridgehead atoms. The SMILES string of the molecule is Cc1nn([C@H](C)c2ccc(Cl)cc2Cl)c2nc(N3CCC(N4CCCC4[C@@H]4CC4C(=O)O)C(C)C3)cnc12. The average Bonchev–Trinajstić information content (AvgIpc) is 3.43. The van der Waals surface area contributed by atoms with Crippen molar-refractivity contribution in [2.45, 2.75) is 64.6 Å². The van der Waals surface area contributed by atoms with Gasteiger partial charge in [0.05, 0.1) is 23.9 Å². The van der Waals surface area contributed by atoms with Crippen molar-refractivity contribution >= 4 is 46.2 Å². The summed E-state index contributed by atoms with van der Waals surface area (Å²) in [6, 6.07) is 6.31. The molecule has 202 valence electrons. The molecule has 1 aromatic carbocycles. The summed E-state index contributed by atoms with van der Waals surface area (Å²) in [7, 11) is 0. The molecule has 4 heterocycles. The summed E-state index contributed by atoms with van der Waals surface area (Å²) in [4.78, 5) is 26.3. The van der Waals surface area contributed by atoms with Crippen molar-refractivity contribution in [1.29, 1.82) is 0 Å². The van der Waals surface area contributed by atoms with Gasteiger partial charge >= 0.3 is 5.97 Å². The number of carboxylic acid groups (broad SMARTS) is 1. The minimum absolute atomic E-state index is 0.130. The summed E-state index contributed by atoms with van der Waals surface area (Å²) in [5.41, 5.74) is 3.32. The van der Waals surface area contributed by atoms with Crippen LogP contribution in [0, 0.1) is 24.7 Å². The first-order valence-corrected chi connectivity index (χ1v) is 14.4. The summed E-state index contributed by atoms with van der Waals surface area (Å²) in [6.07, 6.45) is 6.04. The van der Waals surface area contributed by atoms with Crippen LogP contribution in [0.5, 0.6) is 0 Å². The van der Waals surface area contributed by atoms with E-state index in [1.807, 2.05) is 29.9 Å². The Bertz CT molecular complexity index is 1380. The van der Waals surface area contributed by atoms with Crippen LogP contribution in [0.25, 0.3) is 11.2 Å². The predicted molar refractivity (Wildman–Crippen MR) is 149 cm³/mol. The zero-order chi connectivity index (χ0) is 26.7. The van der Waals surface area contributed by atoms with Crippen LogP contribution in [0.3, 0.4) is 0 Å². The summed E-state index contributed by atoms with van der Waals surface area (Å²) in [5, 5.41) is 15.4. The molecule has 0 spiro atoms. The van der Waals surface area contributed by atoms with Gasteiger partial charge in [-0.05, 0) is 75.6 Å². The lowest BCUT2D eigenvalue weighted by molar-refractivity contribution is -0.139. The van der Waals surface area contributed by atoms with Gasteiger partial charge in [-0.15, -0.1) is 0 Å². The Kier molecular flexibility index (Phi) is 6.77. The second-order valence-corrected chi connectivity index (χ2v) is 12.2. The fourth-order valence-corrected chi connectivity index (χ4v) is 7.45. The standard InChI is InChI=1S/C28H34Cl2N6O2/c1-15-14-34(10-8-23(15)35-9-4-5-24(35)20-12-21(20)28(37)38)25-13-31-26-16(2)33-36(27(26)32-25)17(3)19-7-6-18(29)11-22(19)30/h6-7,11,13,15,17,20-21,23-24H,4-5,8-10,12,14H2,1-3H3,(H,37,38)/t15?,17-,20-,21?,23?,24?/m1/s1. The van der Waals surface area contributed by atoms with Crippen LogP contribution in [-0.2, 0) is 4.79 Å². The molecule has 1 saturated carbocycles. The molecule has 8 nitrogen and oxygen atoms in total. The minimum Gasteiger partial charge on any atom is -0.481 e. The normalized spacial score (nSPS) is 28.7. The number of halogens is 2. The molecule has 10 heteroatoms. The van der Waals surface area contributed by atoms with E-state index in [1.54, 1.807) is 6.07 Å². The van der Waals surface area contributed by atoms with Crippen LogP contribution >= 0.6 is 23.2 Å². The fraction of sp³-hybridized carbons (Fsp3) is 0.571. The lowest BCUT2D eigenvalue weighted by Gasteiger charge is -2.44. The number of benzene rings is 1. The van der Waals surface area contributed by atoms with Gasteiger partial charge in [-0.25, -0.2) is 14.6 Å². The molecule has 3 aromatic rings. The monoisotopic (exact) mass is 556 g/mol. The van der Waals surface area contributed by atoms with Gasteiger partial charge in [0, 0.05) is 35.2 Å². The number of hydrogen-bond acceptors (Lipinski definition) is 6. The Morgan fingerprint density at radius 1 is 1.18 bits per heavy atom. The van der Waals surface area contributed by atoms with Crippen molar-refractivity contribution in [3.05, 3.63) is 45.7 Å². The Labute approximate surface area is 232 Å². The predicted octanol–water partition coefficient (Wildman–Crippen LogP) is 5.45. The topological polar surface area (TPSA) is 87.4 Å². The molecule has 6 rings (SSSR count). The number of rotatable bonds is 6. The van der Waals surface area contributed by atoms with E-state index in [0.717, 1.165) is 67.1 Å². The second-order valence-electron chi connectivity index (χ2n) is 11.3. The smallest absolute Gasteiger partial charge is 0.306 e. The number of anilines is 1. The summed E-state index contributed by atoms with van der Waals surface area (Å²) in [6.45, 7) is 9.21. The molecule has 1 N–H and O–H groups in total. The molecule has 2 saturated heterocycles. The molecule has 6 atom stereocenters. The quantitative estimate of drug-likeness (QED) is 0.431. The van der Waals surface area contributed by atoms with Crippen LogP contribution in [0.2, 0.25) is 10.0 Å². The van der Waals surface area contributed by atoms with Gasteiger partial charge in [-0.1, -0.05) is 36.2 Å². The molecular formula is C28H34Cl2N6O2. The Morgan fingerprint density at radius 2 is 2.00 bits per heavy atom. The van der Waals surface area contributed by atoms with Gasteiger partial charge in [0.25, 0.3) is 0 Å². The first-order valence-electron chi connectivity index (χ1n) is 13.6. The molecule has 3 fully saturated rings. The van der Waals surface area contributed by atoms with E-state index in [-0.39, 0.29) is 12.0 Å². The maximum absolute atomic E-state index is 11.5. The van der Waals surface area contributed by atoms with Gasteiger partial charge in [-0.3, -0.25) is 9.69 Å². The van der Waals surface area contributed by atoms with E-state index >= 15 is 0 Å². The summed E-state index contributed by atoms with van der Waals surface area (Å²) >= 11 is 12.6. The van der Waals surface area contributed by atoms with Gasteiger partial charge in [0.15, 0.2) is 5.65 Å².